The lowest BCUT2D eigenvalue weighted by atomic mass is 10.2. The second-order valence-electron chi connectivity index (χ2n) is 4.24. The minimum Gasteiger partial charge on any atom is -0.392 e. The van der Waals surface area contributed by atoms with E-state index in [0.29, 0.717) is 15.9 Å². The van der Waals surface area contributed by atoms with Crippen LogP contribution in [0.5, 0.6) is 0 Å². The molecule has 0 amide bonds. The molecule has 108 valence electrons. The third-order valence-electron chi connectivity index (χ3n) is 2.73. The fourth-order valence-electron chi connectivity index (χ4n) is 1.73. The van der Waals surface area contributed by atoms with Crippen molar-refractivity contribution in [2.75, 3.05) is 0 Å². The first-order valence-corrected chi connectivity index (χ1v) is 8.12. The van der Waals surface area contributed by atoms with Crippen molar-refractivity contribution in [3.05, 3.63) is 46.5 Å². The Balaban J connectivity index is 2.27. The molecule has 2 aromatic rings. The standard InChI is InChI=1S/C12H14BrN3O3S/c1-8(12-14-4-5-15-12)16-20(18,19)11-3-2-9(7-17)6-10(11)13/h2-6,8,16-17H,7H2,1H3,(H,14,15). The van der Waals surface area contributed by atoms with Gasteiger partial charge in [0, 0.05) is 16.9 Å². The third-order valence-corrected chi connectivity index (χ3v) is 5.25. The maximum absolute atomic E-state index is 12.3. The van der Waals surface area contributed by atoms with E-state index in [1.807, 2.05) is 0 Å². The number of imidazole rings is 1. The smallest absolute Gasteiger partial charge is 0.242 e. The van der Waals surface area contributed by atoms with Gasteiger partial charge in [-0.05, 0) is 40.5 Å². The predicted molar refractivity (Wildman–Crippen MR) is 77.4 cm³/mol. The summed E-state index contributed by atoms with van der Waals surface area (Å²) in [5, 5.41) is 9.03. The van der Waals surface area contributed by atoms with Gasteiger partial charge in [-0.25, -0.2) is 18.1 Å². The van der Waals surface area contributed by atoms with Crippen LogP contribution in [0, 0.1) is 0 Å². The summed E-state index contributed by atoms with van der Waals surface area (Å²) in [6.07, 6.45) is 3.19. The molecule has 0 aliphatic carbocycles. The van der Waals surface area contributed by atoms with Crippen LogP contribution in [-0.4, -0.2) is 23.5 Å². The average molecular weight is 360 g/mol. The summed E-state index contributed by atoms with van der Waals surface area (Å²) in [5.74, 6) is 0.539. The molecule has 1 unspecified atom stereocenters. The van der Waals surface area contributed by atoms with E-state index >= 15 is 0 Å². The topological polar surface area (TPSA) is 95.1 Å². The van der Waals surface area contributed by atoms with Gasteiger partial charge in [0.05, 0.1) is 17.5 Å². The Bertz CT molecular complexity index is 686. The Kier molecular flexibility index (Phi) is 4.59. The highest BCUT2D eigenvalue weighted by Crippen LogP contribution is 2.24. The number of halogens is 1. The first kappa shape index (κ1) is 15.2. The largest absolute Gasteiger partial charge is 0.392 e. The summed E-state index contributed by atoms with van der Waals surface area (Å²) < 4.78 is 27.6. The molecule has 1 aromatic carbocycles. The van der Waals surface area contributed by atoms with Crippen molar-refractivity contribution in [1.29, 1.82) is 0 Å². The van der Waals surface area contributed by atoms with E-state index in [4.69, 9.17) is 5.11 Å². The molecule has 0 spiro atoms. The lowest BCUT2D eigenvalue weighted by Gasteiger charge is -2.13. The van der Waals surface area contributed by atoms with Crippen LogP contribution in [0.4, 0.5) is 0 Å². The highest BCUT2D eigenvalue weighted by Gasteiger charge is 2.22. The summed E-state index contributed by atoms with van der Waals surface area (Å²) >= 11 is 3.21. The van der Waals surface area contributed by atoms with Crippen LogP contribution in [0.15, 0.2) is 40.0 Å². The summed E-state index contributed by atoms with van der Waals surface area (Å²) in [7, 11) is -3.68. The molecule has 0 bridgehead atoms. The molecular formula is C12H14BrN3O3S. The first-order valence-electron chi connectivity index (χ1n) is 5.85. The lowest BCUT2D eigenvalue weighted by molar-refractivity contribution is 0.281. The number of H-pyrrole nitrogens is 1. The Morgan fingerprint density at radius 2 is 2.25 bits per heavy atom. The number of rotatable bonds is 5. The predicted octanol–water partition coefficient (Wildman–Crippen LogP) is 1.70. The zero-order chi connectivity index (χ0) is 14.8. The van der Waals surface area contributed by atoms with Gasteiger partial charge in [0.1, 0.15) is 5.82 Å². The third kappa shape index (κ3) is 3.26. The van der Waals surface area contributed by atoms with Crippen LogP contribution in [0.25, 0.3) is 0 Å². The molecule has 0 saturated carbocycles. The van der Waals surface area contributed by atoms with Gasteiger partial charge in [-0.2, -0.15) is 0 Å². The fraction of sp³-hybridized carbons (Fsp3) is 0.250. The summed E-state index contributed by atoms with van der Waals surface area (Å²) in [5.41, 5.74) is 0.634. The van der Waals surface area contributed by atoms with E-state index in [2.05, 4.69) is 30.6 Å². The Morgan fingerprint density at radius 1 is 1.50 bits per heavy atom. The molecule has 8 heteroatoms. The van der Waals surface area contributed by atoms with Gasteiger partial charge < -0.3 is 10.1 Å². The van der Waals surface area contributed by atoms with E-state index < -0.39 is 16.1 Å². The number of aliphatic hydroxyl groups is 1. The molecule has 0 fully saturated rings. The zero-order valence-electron chi connectivity index (χ0n) is 10.7. The number of nitrogens with one attached hydrogen (secondary N) is 2. The van der Waals surface area contributed by atoms with E-state index in [1.54, 1.807) is 31.5 Å². The molecule has 0 saturated heterocycles. The number of nitrogens with zero attached hydrogens (tertiary/aromatic N) is 1. The van der Waals surface area contributed by atoms with Gasteiger partial charge in [0.2, 0.25) is 10.0 Å². The van der Waals surface area contributed by atoms with Crippen LogP contribution >= 0.6 is 15.9 Å². The van der Waals surface area contributed by atoms with E-state index in [1.165, 1.54) is 6.07 Å². The van der Waals surface area contributed by atoms with Crippen LogP contribution in [-0.2, 0) is 16.6 Å². The summed E-state index contributed by atoms with van der Waals surface area (Å²) in [6.45, 7) is 1.56. The average Bonchev–Trinajstić information content (AvgIpc) is 2.91. The van der Waals surface area contributed by atoms with Gasteiger partial charge >= 0.3 is 0 Å². The number of benzene rings is 1. The molecule has 0 aliphatic rings. The minimum atomic E-state index is -3.68. The van der Waals surface area contributed by atoms with Gasteiger partial charge in [-0.3, -0.25) is 0 Å². The Morgan fingerprint density at radius 3 is 2.80 bits per heavy atom. The zero-order valence-corrected chi connectivity index (χ0v) is 13.1. The highest BCUT2D eigenvalue weighted by molar-refractivity contribution is 9.10. The van der Waals surface area contributed by atoms with E-state index in [-0.39, 0.29) is 11.5 Å². The molecule has 1 heterocycles. The van der Waals surface area contributed by atoms with Crippen molar-refractivity contribution in [1.82, 2.24) is 14.7 Å². The molecule has 6 nitrogen and oxygen atoms in total. The van der Waals surface area contributed by atoms with Crippen molar-refractivity contribution in [2.24, 2.45) is 0 Å². The van der Waals surface area contributed by atoms with E-state index in [9.17, 15) is 8.42 Å². The molecule has 0 radical (unpaired) electrons. The number of aliphatic hydroxyl groups excluding tert-OH is 1. The highest BCUT2D eigenvalue weighted by atomic mass is 79.9. The van der Waals surface area contributed by atoms with Crippen LogP contribution in [0.1, 0.15) is 24.4 Å². The number of sulfonamides is 1. The molecule has 1 aromatic heterocycles. The molecule has 0 aliphatic heterocycles. The maximum atomic E-state index is 12.3. The SMILES string of the molecule is CC(NS(=O)(=O)c1ccc(CO)cc1Br)c1ncc[nH]1. The number of aromatic amines is 1. The van der Waals surface area contributed by atoms with Crippen molar-refractivity contribution >= 4 is 26.0 Å². The van der Waals surface area contributed by atoms with Crippen LogP contribution < -0.4 is 4.72 Å². The van der Waals surface area contributed by atoms with Crippen molar-refractivity contribution in [3.8, 4) is 0 Å². The normalized spacial score (nSPS) is 13.3. The van der Waals surface area contributed by atoms with Crippen LogP contribution in [0.3, 0.4) is 0 Å². The number of aromatic nitrogens is 2. The van der Waals surface area contributed by atoms with Crippen molar-refractivity contribution < 1.29 is 13.5 Å². The molecule has 3 N–H and O–H groups in total. The molecule has 1 atom stereocenters. The van der Waals surface area contributed by atoms with Gasteiger partial charge in [-0.1, -0.05) is 6.07 Å². The second kappa shape index (κ2) is 6.04. The Labute approximate surface area is 125 Å². The summed E-state index contributed by atoms with van der Waals surface area (Å²) in [4.78, 5) is 7.00. The second-order valence-corrected chi connectivity index (χ2v) is 6.78. The summed E-state index contributed by atoms with van der Waals surface area (Å²) in [6, 6.07) is 4.12. The maximum Gasteiger partial charge on any atom is 0.242 e. The monoisotopic (exact) mass is 359 g/mol. The lowest BCUT2D eigenvalue weighted by Crippen LogP contribution is -2.27. The molecule has 2 rings (SSSR count). The van der Waals surface area contributed by atoms with E-state index in [0.717, 1.165) is 0 Å². The van der Waals surface area contributed by atoms with Gasteiger partial charge in [-0.15, -0.1) is 0 Å². The fourth-order valence-corrected chi connectivity index (χ4v) is 4.06. The number of hydrogen-bond acceptors (Lipinski definition) is 4. The van der Waals surface area contributed by atoms with Crippen molar-refractivity contribution in [2.45, 2.75) is 24.5 Å². The van der Waals surface area contributed by atoms with Crippen LogP contribution in [0.2, 0.25) is 0 Å². The quantitative estimate of drug-likeness (QED) is 0.757. The molecule has 20 heavy (non-hydrogen) atoms. The van der Waals surface area contributed by atoms with Gasteiger partial charge in [0.25, 0.3) is 0 Å². The van der Waals surface area contributed by atoms with Gasteiger partial charge in [0.15, 0.2) is 0 Å². The first-order chi connectivity index (χ1) is 9.44. The Hall–Kier alpha value is -1.22. The molecular weight excluding hydrogens is 346 g/mol. The minimum absolute atomic E-state index is 0.119. The number of hydrogen-bond donors (Lipinski definition) is 3. The van der Waals surface area contributed by atoms with Crippen molar-refractivity contribution in [3.63, 3.8) is 0 Å².